The van der Waals surface area contributed by atoms with Crippen LogP contribution in [0.4, 0.5) is 0 Å². The number of methoxy groups -OCH3 is 1. The largest absolute Gasteiger partial charge is 0.467 e. The van der Waals surface area contributed by atoms with Crippen LogP contribution in [0.3, 0.4) is 0 Å². The molecule has 4 fully saturated rings. The molecule has 6 unspecified atom stereocenters. The van der Waals surface area contributed by atoms with Crippen molar-refractivity contribution >= 4 is 23.9 Å². The molecule has 1 heterocycles. The van der Waals surface area contributed by atoms with Crippen molar-refractivity contribution in [3.63, 3.8) is 0 Å². The van der Waals surface area contributed by atoms with E-state index in [9.17, 15) is 24.3 Å². The summed E-state index contributed by atoms with van der Waals surface area (Å²) in [7, 11) is 1.22. The Morgan fingerprint density at radius 2 is 1.62 bits per heavy atom. The van der Waals surface area contributed by atoms with Crippen LogP contribution in [-0.2, 0) is 47.6 Å². The van der Waals surface area contributed by atoms with E-state index < -0.39 is 72.3 Å². The summed E-state index contributed by atoms with van der Waals surface area (Å²) in [6.07, 6.45) is 5.57. The maximum Gasteiger partial charge on any atom is 0.335 e. The van der Waals surface area contributed by atoms with Crippen molar-refractivity contribution in [3.8, 4) is 0 Å². The van der Waals surface area contributed by atoms with Gasteiger partial charge in [0.2, 0.25) is 6.79 Å². The molecule has 1 N–H and O–H groups in total. The molecule has 0 spiro atoms. The van der Waals surface area contributed by atoms with Crippen molar-refractivity contribution in [1.29, 1.82) is 0 Å². The van der Waals surface area contributed by atoms with E-state index in [2.05, 4.69) is 54.2 Å². The van der Waals surface area contributed by atoms with Gasteiger partial charge in [-0.2, -0.15) is 0 Å². The number of hydrogen-bond acceptors (Lipinski definition) is 11. The standard InChI is InChI=1S/C43H66O11.C2H6/c1-25-13-15-30-40(5,6)17-12-18-42(30,9)29(25)23-50-34(37(47)49-11)28(19-32(44)52-24-53-38(48)39(2,3)4)35(45)54-27-20-41(7,8)31-16-14-26-22-51-36(46)33(26)43(31,10)21-27;1-2/h14,27-31,33-34,36,46H,1,12-13,15-24H2,2-11H3;1-2H3/t27-,28?,29?,30-,31-,33?,34?,36+,42?,43?;/m0./s1. The maximum atomic E-state index is 14.5. The van der Waals surface area contributed by atoms with Crippen molar-refractivity contribution < 1.29 is 52.7 Å². The third-order valence-corrected chi connectivity index (χ3v) is 14.1. The van der Waals surface area contributed by atoms with Gasteiger partial charge in [-0.25, -0.2) is 4.79 Å². The number of esters is 4. The normalized spacial score (nSPS) is 34.1. The molecule has 11 heteroatoms. The van der Waals surface area contributed by atoms with Crippen LogP contribution < -0.4 is 0 Å². The SMILES string of the molecule is C=C1CC[C@H]2C(C)(C)CCCC2(C)C1COC(C(=O)OC)C(CC(=O)OCOC(=O)C(C)(C)C)C(=O)O[C@H]1CC(C)(C)[C@@H]2CC=C3CO[C@@H](O)C3C2(C)C1.CC. The number of rotatable bonds is 11. The van der Waals surface area contributed by atoms with Crippen LogP contribution >= 0.6 is 0 Å². The van der Waals surface area contributed by atoms with E-state index in [1.807, 2.05) is 13.8 Å². The molecule has 0 amide bonds. The number of aliphatic hydroxyl groups is 1. The highest BCUT2D eigenvalue weighted by molar-refractivity contribution is 5.87. The van der Waals surface area contributed by atoms with Gasteiger partial charge < -0.3 is 33.5 Å². The molecule has 0 bridgehead atoms. The number of allylic oxidation sites excluding steroid dienone is 1. The number of ether oxygens (including phenoxy) is 6. The predicted octanol–water partition coefficient (Wildman–Crippen LogP) is 8.12. The zero-order valence-corrected chi connectivity index (χ0v) is 36.4. The number of hydrogen-bond donors (Lipinski definition) is 1. The monoisotopic (exact) mass is 789 g/mol. The van der Waals surface area contributed by atoms with Crippen molar-refractivity contribution in [2.75, 3.05) is 27.1 Å². The highest BCUT2D eigenvalue weighted by atomic mass is 16.7. The fourth-order valence-corrected chi connectivity index (χ4v) is 11.5. The molecule has 0 radical (unpaired) electrons. The molecule has 4 aliphatic carbocycles. The van der Waals surface area contributed by atoms with E-state index in [0.717, 1.165) is 49.7 Å². The third kappa shape index (κ3) is 9.41. The summed E-state index contributed by atoms with van der Waals surface area (Å²) in [6.45, 7) is 26.7. The Kier molecular flexibility index (Phi) is 14.4. The van der Waals surface area contributed by atoms with Gasteiger partial charge in [0, 0.05) is 11.8 Å². The zero-order valence-electron chi connectivity index (χ0n) is 36.4. The van der Waals surface area contributed by atoms with Crippen LogP contribution in [-0.4, -0.2) is 74.6 Å². The highest BCUT2D eigenvalue weighted by Gasteiger charge is 2.60. The molecule has 5 rings (SSSR count). The van der Waals surface area contributed by atoms with E-state index in [4.69, 9.17) is 28.4 Å². The average Bonchev–Trinajstić information content (AvgIpc) is 3.49. The maximum absolute atomic E-state index is 14.5. The molecule has 318 valence electrons. The first-order chi connectivity index (χ1) is 26.0. The smallest absolute Gasteiger partial charge is 0.335 e. The Morgan fingerprint density at radius 3 is 2.27 bits per heavy atom. The molecular weight excluding hydrogens is 716 g/mol. The van der Waals surface area contributed by atoms with E-state index in [0.29, 0.717) is 25.4 Å². The molecule has 0 aromatic rings. The van der Waals surface area contributed by atoms with Crippen molar-refractivity contribution in [3.05, 3.63) is 23.8 Å². The molecule has 56 heavy (non-hydrogen) atoms. The summed E-state index contributed by atoms with van der Waals surface area (Å²) in [6, 6.07) is 0. The first kappa shape index (κ1) is 45.9. The minimum Gasteiger partial charge on any atom is -0.467 e. The fraction of sp³-hybridized carbons (Fsp3) is 0.822. The van der Waals surface area contributed by atoms with Gasteiger partial charge in [-0.05, 0) is 105 Å². The quantitative estimate of drug-likeness (QED) is 0.0939. The van der Waals surface area contributed by atoms with Crippen LogP contribution in [0, 0.1) is 56.7 Å². The Bertz CT molecular complexity index is 1490. The van der Waals surface area contributed by atoms with Gasteiger partial charge in [-0.15, -0.1) is 0 Å². The van der Waals surface area contributed by atoms with Gasteiger partial charge in [-0.1, -0.05) is 80.0 Å². The molecule has 10 atom stereocenters. The number of carbonyl (C=O) groups is 4. The fourth-order valence-electron chi connectivity index (χ4n) is 11.5. The second-order valence-corrected chi connectivity index (χ2v) is 19.8. The third-order valence-electron chi connectivity index (χ3n) is 14.1. The molecule has 11 nitrogen and oxygen atoms in total. The summed E-state index contributed by atoms with van der Waals surface area (Å²) in [5.74, 6) is -4.09. The van der Waals surface area contributed by atoms with E-state index in [-0.39, 0.29) is 40.6 Å². The van der Waals surface area contributed by atoms with Crippen molar-refractivity contribution in [2.24, 2.45) is 56.7 Å². The van der Waals surface area contributed by atoms with Crippen molar-refractivity contribution in [1.82, 2.24) is 0 Å². The van der Waals surface area contributed by atoms with Gasteiger partial charge >= 0.3 is 23.9 Å². The van der Waals surface area contributed by atoms with Gasteiger partial charge in [0.05, 0.1) is 32.2 Å². The van der Waals surface area contributed by atoms with Gasteiger partial charge in [0.25, 0.3) is 0 Å². The summed E-state index contributed by atoms with van der Waals surface area (Å²) < 4.78 is 34.1. The number of fused-ring (bicyclic) bond motifs is 4. The summed E-state index contributed by atoms with van der Waals surface area (Å²) in [5.41, 5.74) is 0.626. The van der Waals surface area contributed by atoms with E-state index in [1.165, 1.54) is 7.11 Å². The minimum atomic E-state index is -1.48. The lowest BCUT2D eigenvalue weighted by atomic mass is 9.48. The van der Waals surface area contributed by atoms with Gasteiger partial charge in [-0.3, -0.25) is 14.4 Å². The molecule has 0 aromatic carbocycles. The zero-order chi connectivity index (χ0) is 42.0. The second-order valence-electron chi connectivity index (χ2n) is 19.8. The lowest BCUT2D eigenvalue weighted by Gasteiger charge is -2.58. The van der Waals surface area contributed by atoms with E-state index >= 15 is 0 Å². The molecule has 3 saturated carbocycles. The lowest BCUT2D eigenvalue weighted by molar-refractivity contribution is -0.191. The van der Waals surface area contributed by atoms with Gasteiger partial charge in [0.15, 0.2) is 12.4 Å². The van der Waals surface area contributed by atoms with E-state index in [1.54, 1.807) is 20.8 Å². The lowest BCUT2D eigenvalue weighted by Crippen LogP contribution is -2.55. The van der Waals surface area contributed by atoms with Crippen LogP contribution in [0.15, 0.2) is 23.8 Å². The second kappa shape index (κ2) is 17.6. The molecule has 1 saturated heterocycles. The predicted molar refractivity (Wildman–Crippen MR) is 211 cm³/mol. The molecule has 1 aliphatic heterocycles. The first-order valence-corrected chi connectivity index (χ1v) is 20.9. The minimum absolute atomic E-state index is 0.0759. The highest BCUT2D eigenvalue weighted by Crippen LogP contribution is 2.63. The number of aliphatic hydroxyl groups excluding tert-OH is 1. The van der Waals surface area contributed by atoms with Crippen LogP contribution in [0.1, 0.15) is 134 Å². The number of carbonyl (C=O) groups excluding carboxylic acids is 4. The molecular formula is C45H72O11. The summed E-state index contributed by atoms with van der Waals surface area (Å²) in [5, 5.41) is 10.9. The van der Waals surface area contributed by atoms with Crippen molar-refractivity contribution in [2.45, 2.75) is 152 Å². The van der Waals surface area contributed by atoms with Crippen LogP contribution in [0.2, 0.25) is 0 Å². The summed E-state index contributed by atoms with van der Waals surface area (Å²) in [4.78, 5) is 53.8. The topological polar surface area (TPSA) is 144 Å². The Hall–Kier alpha value is -2.76. The Labute approximate surface area is 336 Å². The summed E-state index contributed by atoms with van der Waals surface area (Å²) >= 11 is 0. The molecule has 5 aliphatic rings. The molecule has 0 aromatic heterocycles. The van der Waals surface area contributed by atoms with Crippen LogP contribution in [0.5, 0.6) is 0 Å². The first-order valence-electron chi connectivity index (χ1n) is 20.9. The van der Waals surface area contributed by atoms with Gasteiger partial charge in [0.1, 0.15) is 12.0 Å². The Balaban J connectivity index is 0.00000342. The van der Waals surface area contributed by atoms with Crippen LogP contribution in [0.25, 0.3) is 0 Å². The average molecular weight is 789 g/mol. The Morgan fingerprint density at radius 1 is 0.946 bits per heavy atom.